The minimum atomic E-state index is -0.718. The van der Waals surface area contributed by atoms with Crippen molar-refractivity contribution < 1.29 is 5.11 Å². The van der Waals surface area contributed by atoms with E-state index >= 15 is 0 Å². The average molecular weight is 195 g/mol. The van der Waals surface area contributed by atoms with Crippen molar-refractivity contribution in [3.8, 4) is 0 Å². The molecule has 1 rings (SSSR count). The monoisotopic (exact) mass is 195 g/mol. The predicted octanol–water partition coefficient (Wildman–Crippen LogP) is 1.24. The molecule has 4 nitrogen and oxygen atoms in total. The third-order valence-electron chi connectivity index (χ3n) is 2.24. The summed E-state index contributed by atoms with van der Waals surface area (Å²) in [5, 5.41) is 12.8. The molecule has 0 aliphatic rings. The second-order valence-electron chi connectivity index (χ2n) is 3.65. The van der Waals surface area contributed by atoms with Crippen LogP contribution in [-0.2, 0) is 0 Å². The summed E-state index contributed by atoms with van der Waals surface area (Å²) in [5.74, 6) is 0.626. The van der Waals surface area contributed by atoms with Gasteiger partial charge >= 0.3 is 0 Å². The fraction of sp³-hybridized carbons (Fsp3) is 0.500. The van der Waals surface area contributed by atoms with Gasteiger partial charge in [0.1, 0.15) is 5.82 Å². The first-order valence-corrected chi connectivity index (χ1v) is 4.72. The Morgan fingerprint density at radius 3 is 2.93 bits per heavy atom. The van der Waals surface area contributed by atoms with Crippen LogP contribution in [0.15, 0.2) is 18.3 Å². The van der Waals surface area contributed by atoms with Gasteiger partial charge in [-0.1, -0.05) is 6.92 Å². The van der Waals surface area contributed by atoms with Crippen molar-refractivity contribution in [2.75, 3.05) is 17.6 Å². The van der Waals surface area contributed by atoms with E-state index in [9.17, 15) is 5.11 Å². The topological polar surface area (TPSA) is 71.2 Å². The van der Waals surface area contributed by atoms with E-state index < -0.39 is 5.60 Å². The Labute approximate surface area is 84.2 Å². The highest BCUT2D eigenvalue weighted by Gasteiger charge is 2.17. The molecule has 1 aromatic rings. The van der Waals surface area contributed by atoms with E-state index in [1.165, 1.54) is 0 Å². The highest BCUT2D eigenvalue weighted by Crippen LogP contribution is 2.15. The lowest BCUT2D eigenvalue weighted by atomic mass is 10.0. The normalized spacial score (nSPS) is 14.8. The van der Waals surface area contributed by atoms with Gasteiger partial charge in [-0.25, -0.2) is 4.98 Å². The standard InChI is InChI=1S/C10H17N3O/c1-3-10(2,14)7-13-9-8(11)5-4-6-12-9/h4-6,14H,3,7,11H2,1-2H3,(H,12,13). The van der Waals surface area contributed by atoms with Gasteiger partial charge in [0.15, 0.2) is 0 Å². The van der Waals surface area contributed by atoms with Crippen LogP contribution in [0.3, 0.4) is 0 Å². The number of nitrogen functional groups attached to an aromatic ring is 1. The number of hydrogen-bond donors (Lipinski definition) is 3. The Kier molecular flexibility index (Phi) is 3.30. The summed E-state index contributed by atoms with van der Waals surface area (Å²) >= 11 is 0. The van der Waals surface area contributed by atoms with Gasteiger partial charge in [-0.05, 0) is 25.5 Å². The molecule has 0 bridgehead atoms. The van der Waals surface area contributed by atoms with Crippen molar-refractivity contribution >= 4 is 11.5 Å². The summed E-state index contributed by atoms with van der Waals surface area (Å²) in [6, 6.07) is 3.55. The molecule has 0 saturated heterocycles. The number of aromatic nitrogens is 1. The number of nitrogens with one attached hydrogen (secondary N) is 1. The Bertz CT molecular complexity index is 299. The zero-order chi connectivity index (χ0) is 10.6. The van der Waals surface area contributed by atoms with E-state index in [2.05, 4.69) is 10.3 Å². The van der Waals surface area contributed by atoms with Gasteiger partial charge < -0.3 is 16.2 Å². The molecule has 1 unspecified atom stereocenters. The van der Waals surface area contributed by atoms with Gasteiger partial charge in [-0.2, -0.15) is 0 Å². The second kappa shape index (κ2) is 4.28. The van der Waals surface area contributed by atoms with Gasteiger partial charge in [0.25, 0.3) is 0 Å². The molecular formula is C10H17N3O. The molecular weight excluding hydrogens is 178 g/mol. The van der Waals surface area contributed by atoms with E-state index in [4.69, 9.17) is 5.73 Å². The molecule has 0 fully saturated rings. The molecule has 0 spiro atoms. The molecule has 4 N–H and O–H groups in total. The van der Waals surface area contributed by atoms with Crippen molar-refractivity contribution in [1.29, 1.82) is 0 Å². The van der Waals surface area contributed by atoms with E-state index in [1.54, 1.807) is 25.3 Å². The second-order valence-corrected chi connectivity index (χ2v) is 3.65. The molecule has 0 aliphatic carbocycles. The number of pyridine rings is 1. The van der Waals surface area contributed by atoms with Crippen LogP contribution in [0.5, 0.6) is 0 Å². The van der Waals surface area contributed by atoms with Gasteiger partial charge in [0, 0.05) is 12.7 Å². The first-order valence-electron chi connectivity index (χ1n) is 4.72. The summed E-state index contributed by atoms with van der Waals surface area (Å²) < 4.78 is 0. The summed E-state index contributed by atoms with van der Waals surface area (Å²) in [7, 11) is 0. The predicted molar refractivity (Wildman–Crippen MR) is 58.1 cm³/mol. The maximum absolute atomic E-state index is 9.74. The molecule has 0 radical (unpaired) electrons. The number of hydrogen-bond acceptors (Lipinski definition) is 4. The first-order chi connectivity index (χ1) is 6.55. The maximum atomic E-state index is 9.74. The average Bonchev–Trinajstić information content (AvgIpc) is 2.17. The van der Waals surface area contributed by atoms with Crippen molar-refractivity contribution in [2.24, 2.45) is 0 Å². The molecule has 1 aromatic heterocycles. The van der Waals surface area contributed by atoms with Gasteiger partial charge in [0.05, 0.1) is 11.3 Å². The van der Waals surface area contributed by atoms with Gasteiger partial charge in [-0.3, -0.25) is 0 Å². The number of aliphatic hydroxyl groups is 1. The van der Waals surface area contributed by atoms with E-state index in [1.807, 2.05) is 6.92 Å². The third-order valence-corrected chi connectivity index (χ3v) is 2.24. The van der Waals surface area contributed by atoms with Crippen LogP contribution in [0.4, 0.5) is 11.5 Å². The van der Waals surface area contributed by atoms with Crippen LogP contribution in [0.25, 0.3) is 0 Å². The summed E-state index contributed by atoms with van der Waals surface area (Å²) in [6.45, 7) is 4.16. The first kappa shape index (κ1) is 10.8. The minimum absolute atomic E-state index is 0.449. The number of anilines is 2. The Hall–Kier alpha value is -1.29. The van der Waals surface area contributed by atoms with Crippen molar-refractivity contribution in [2.45, 2.75) is 25.9 Å². The molecule has 0 amide bonds. The van der Waals surface area contributed by atoms with Crippen molar-refractivity contribution in [1.82, 2.24) is 4.98 Å². The Morgan fingerprint density at radius 2 is 2.36 bits per heavy atom. The molecule has 4 heteroatoms. The summed E-state index contributed by atoms with van der Waals surface area (Å²) in [5.41, 5.74) is 5.56. The molecule has 0 aromatic carbocycles. The van der Waals surface area contributed by atoms with Crippen molar-refractivity contribution in [3.05, 3.63) is 18.3 Å². The lowest BCUT2D eigenvalue weighted by Crippen LogP contribution is -2.32. The Morgan fingerprint density at radius 1 is 1.64 bits per heavy atom. The molecule has 0 saturated carbocycles. The minimum Gasteiger partial charge on any atom is -0.396 e. The maximum Gasteiger partial charge on any atom is 0.149 e. The highest BCUT2D eigenvalue weighted by molar-refractivity contribution is 5.60. The molecule has 0 aliphatic heterocycles. The van der Waals surface area contributed by atoms with E-state index in [0.29, 0.717) is 24.5 Å². The number of nitrogens with two attached hydrogens (primary N) is 1. The van der Waals surface area contributed by atoms with Gasteiger partial charge in [0.2, 0.25) is 0 Å². The fourth-order valence-corrected chi connectivity index (χ4v) is 0.965. The largest absolute Gasteiger partial charge is 0.396 e. The third kappa shape index (κ3) is 2.88. The van der Waals surface area contributed by atoms with E-state index in [0.717, 1.165) is 0 Å². The quantitative estimate of drug-likeness (QED) is 0.676. The Balaban J connectivity index is 2.58. The summed E-state index contributed by atoms with van der Waals surface area (Å²) in [6.07, 6.45) is 2.35. The van der Waals surface area contributed by atoms with Crippen molar-refractivity contribution in [3.63, 3.8) is 0 Å². The van der Waals surface area contributed by atoms with Crippen LogP contribution in [0, 0.1) is 0 Å². The smallest absolute Gasteiger partial charge is 0.149 e. The molecule has 14 heavy (non-hydrogen) atoms. The molecule has 1 atom stereocenters. The van der Waals surface area contributed by atoms with E-state index in [-0.39, 0.29) is 0 Å². The zero-order valence-corrected chi connectivity index (χ0v) is 8.62. The van der Waals surface area contributed by atoms with Crippen LogP contribution >= 0.6 is 0 Å². The SMILES string of the molecule is CCC(C)(O)CNc1ncccc1N. The van der Waals surface area contributed by atoms with Crippen LogP contribution < -0.4 is 11.1 Å². The lowest BCUT2D eigenvalue weighted by molar-refractivity contribution is 0.0697. The molecule has 78 valence electrons. The number of nitrogens with zero attached hydrogens (tertiary/aromatic N) is 1. The number of rotatable bonds is 4. The van der Waals surface area contributed by atoms with Crippen LogP contribution in [0.1, 0.15) is 20.3 Å². The van der Waals surface area contributed by atoms with Gasteiger partial charge in [-0.15, -0.1) is 0 Å². The summed E-state index contributed by atoms with van der Waals surface area (Å²) in [4.78, 5) is 4.07. The zero-order valence-electron chi connectivity index (χ0n) is 8.62. The highest BCUT2D eigenvalue weighted by atomic mass is 16.3. The fourth-order valence-electron chi connectivity index (χ4n) is 0.965. The lowest BCUT2D eigenvalue weighted by Gasteiger charge is -2.22. The van der Waals surface area contributed by atoms with Crippen LogP contribution in [-0.4, -0.2) is 22.2 Å². The van der Waals surface area contributed by atoms with Crippen LogP contribution in [0.2, 0.25) is 0 Å². The molecule has 1 heterocycles.